The van der Waals surface area contributed by atoms with Gasteiger partial charge in [0.1, 0.15) is 23.0 Å². The Labute approximate surface area is 126 Å². The van der Waals surface area contributed by atoms with Gasteiger partial charge in [-0.15, -0.1) is 0 Å². The molecule has 0 aliphatic heterocycles. The van der Waals surface area contributed by atoms with Gasteiger partial charge in [0.25, 0.3) is 0 Å². The Morgan fingerprint density at radius 3 is 2.14 bits per heavy atom. The number of ether oxygens (including phenoxy) is 3. The van der Waals surface area contributed by atoms with Gasteiger partial charge < -0.3 is 14.2 Å². The number of ketones is 1. The van der Waals surface area contributed by atoms with Crippen molar-refractivity contribution < 1.29 is 19.0 Å². The van der Waals surface area contributed by atoms with Gasteiger partial charge >= 0.3 is 0 Å². The number of carbonyl (C=O) groups excluding carboxylic acids is 1. The summed E-state index contributed by atoms with van der Waals surface area (Å²) in [6, 6.07) is 5.39. The second-order valence-corrected chi connectivity index (χ2v) is 5.45. The summed E-state index contributed by atoms with van der Waals surface area (Å²) in [5.41, 5.74) is 0. The molecular formula is C17H24O4. The van der Waals surface area contributed by atoms with Gasteiger partial charge in [-0.3, -0.25) is 4.79 Å². The molecular weight excluding hydrogens is 268 g/mol. The van der Waals surface area contributed by atoms with E-state index in [2.05, 4.69) is 0 Å². The molecule has 0 atom stereocenters. The number of hydrogen-bond donors (Lipinski definition) is 0. The summed E-state index contributed by atoms with van der Waals surface area (Å²) in [5, 5.41) is 0. The third kappa shape index (κ3) is 4.66. The lowest BCUT2D eigenvalue weighted by Gasteiger charge is -2.20. The summed E-state index contributed by atoms with van der Waals surface area (Å²) in [6.45, 7) is 0.408. The molecule has 0 amide bonds. The van der Waals surface area contributed by atoms with Crippen molar-refractivity contribution in [1.29, 1.82) is 0 Å². The Kier molecular flexibility index (Phi) is 5.90. The maximum Gasteiger partial charge on any atom is 0.139 e. The van der Waals surface area contributed by atoms with Crippen LogP contribution in [-0.2, 0) is 4.79 Å². The maximum absolute atomic E-state index is 12.1. The Hall–Kier alpha value is -1.71. The van der Waals surface area contributed by atoms with Crippen molar-refractivity contribution >= 4 is 5.78 Å². The highest BCUT2D eigenvalue weighted by atomic mass is 16.5. The quantitative estimate of drug-likeness (QED) is 0.770. The van der Waals surface area contributed by atoms with Gasteiger partial charge in [0.15, 0.2) is 0 Å². The van der Waals surface area contributed by atoms with Crippen LogP contribution in [0.4, 0.5) is 0 Å². The minimum atomic E-state index is 0.252. The number of methoxy groups -OCH3 is 2. The van der Waals surface area contributed by atoms with Crippen LogP contribution in [-0.4, -0.2) is 26.6 Å². The van der Waals surface area contributed by atoms with E-state index >= 15 is 0 Å². The van der Waals surface area contributed by atoms with E-state index in [9.17, 15) is 4.79 Å². The van der Waals surface area contributed by atoms with Crippen molar-refractivity contribution in [1.82, 2.24) is 0 Å². The van der Waals surface area contributed by atoms with Crippen LogP contribution in [0.1, 0.15) is 38.5 Å². The molecule has 1 aromatic rings. The third-order valence-corrected chi connectivity index (χ3v) is 4.00. The average Bonchev–Trinajstić information content (AvgIpc) is 2.55. The molecule has 0 saturated heterocycles. The largest absolute Gasteiger partial charge is 0.496 e. The second-order valence-electron chi connectivity index (χ2n) is 5.45. The van der Waals surface area contributed by atoms with E-state index in [1.54, 1.807) is 32.4 Å². The molecule has 0 spiro atoms. The second kappa shape index (κ2) is 7.91. The van der Waals surface area contributed by atoms with Gasteiger partial charge in [-0.1, -0.05) is 19.3 Å². The predicted molar refractivity (Wildman–Crippen MR) is 81.2 cm³/mol. The highest BCUT2D eigenvalue weighted by Crippen LogP contribution is 2.28. The predicted octanol–water partition coefficient (Wildman–Crippen LogP) is 3.62. The van der Waals surface area contributed by atoms with Gasteiger partial charge in [-0.25, -0.2) is 0 Å². The van der Waals surface area contributed by atoms with Crippen molar-refractivity contribution in [2.45, 2.75) is 38.5 Å². The summed E-state index contributed by atoms with van der Waals surface area (Å²) < 4.78 is 16.1. The van der Waals surface area contributed by atoms with E-state index in [-0.39, 0.29) is 5.92 Å². The van der Waals surface area contributed by atoms with Gasteiger partial charge in [-0.2, -0.15) is 0 Å². The van der Waals surface area contributed by atoms with Gasteiger partial charge in [0.2, 0.25) is 0 Å². The molecule has 0 bridgehead atoms. The summed E-state index contributed by atoms with van der Waals surface area (Å²) >= 11 is 0. The zero-order valence-corrected chi connectivity index (χ0v) is 12.9. The van der Waals surface area contributed by atoms with Crippen LogP contribution in [0, 0.1) is 5.92 Å². The zero-order valence-electron chi connectivity index (χ0n) is 12.9. The molecule has 116 valence electrons. The van der Waals surface area contributed by atoms with Crippen molar-refractivity contribution in [2.24, 2.45) is 5.92 Å². The van der Waals surface area contributed by atoms with Gasteiger partial charge in [0, 0.05) is 30.5 Å². The van der Waals surface area contributed by atoms with E-state index < -0.39 is 0 Å². The van der Waals surface area contributed by atoms with E-state index in [1.165, 1.54) is 19.3 Å². The van der Waals surface area contributed by atoms with Crippen molar-refractivity contribution in [3.8, 4) is 17.2 Å². The molecule has 0 aromatic heterocycles. The summed E-state index contributed by atoms with van der Waals surface area (Å²) in [4.78, 5) is 12.1. The molecule has 0 radical (unpaired) electrons. The van der Waals surface area contributed by atoms with E-state index in [4.69, 9.17) is 14.2 Å². The fourth-order valence-corrected chi connectivity index (χ4v) is 2.76. The maximum atomic E-state index is 12.1. The molecule has 1 aliphatic carbocycles. The molecule has 21 heavy (non-hydrogen) atoms. The lowest BCUT2D eigenvalue weighted by molar-refractivity contribution is -0.124. The lowest BCUT2D eigenvalue weighted by Crippen LogP contribution is -2.19. The first-order valence-corrected chi connectivity index (χ1v) is 7.61. The standard InChI is InChI=1S/C17H24O4/c1-19-14-10-15(20-2)12-16(11-14)21-9-8-17(18)13-6-4-3-5-7-13/h10-13H,3-9H2,1-2H3. The molecule has 2 rings (SSSR count). The van der Waals surface area contributed by atoms with E-state index in [0.717, 1.165) is 12.8 Å². The van der Waals surface area contributed by atoms with Crippen LogP contribution >= 0.6 is 0 Å². The van der Waals surface area contributed by atoms with Crippen molar-refractivity contribution in [3.63, 3.8) is 0 Å². The molecule has 1 aromatic carbocycles. The summed E-state index contributed by atoms with van der Waals surface area (Å²) in [5.74, 6) is 2.63. The lowest BCUT2D eigenvalue weighted by atomic mass is 9.85. The van der Waals surface area contributed by atoms with Gasteiger partial charge in [-0.05, 0) is 12.8 Å². The topological polar surface area (TPSA) is 44.8 Å². The smallest absolute Gasteiger partial charge is 0.139 e. The molecule has 0 N–H and O–H groups in total. The van der Waals surface area contributed by atoms with Gasteiger partial charge in [0.05, 0.1) is 20.8 Å². The summed E-state index contributed by atoms with van der Waals surface area (Å²) in [6.07, 6.45) is 6.21. The first-order chi connectivity index (χ1) is 10.2. The SMILES string of the molecule is COc1cc(OC)cc(OCCC(=O)C2CCCCC2)c1. The number of rotatable bonds is 7. The first kappa shape index (κ1) is 15.7. The Morgan fingerprint density at radius 1 is 1.00 bits per heavy atom. The van der Waals surface area contributed by atoms with Crippen molar-refractivity contribution in [2.75, 3.05) is 20.8 Å². The van der Waals surface area contributed by atoms with E-state index in [1.807, 2.05) is 0 Å². The minimum Gasteiger partial charge on any atom is -0.496 e. The fraction of sp³-hybridized carbons (Fsp3) is 0.588. The molecule has 4 heteroatoms. The molecule has 1 aliphatic rings. The number of carbonyl (C=O) groups is 1. The van der Waals surface area contributed by atoms with Crippen LogP contribution in [0.5, 0.6) is 17.2 Å². The van der Waals surface area contributed by atoms with Crippen molar-refractivity contribution in [3.05, 3.63) is 18.2 Å². The Balaban J connectivity index is 1.83. The number of Topliss-reactive ketones (excluding diaryl/α,β-unsaturated/α-hetero) is 1. The average molecular weight is 292 g/mol. The van der Waals surface area contributed by atoms with Crippen LogP contribution in [0.15, 0.2) is 18.2 Å². The van der Waals surface area contributed by atoms with Crippen LogP contribution in [0.3, 0.4) is 0 Å². The molecule has 4 nitrogen and oxygen atoms in total. The fourth-order valence-electron chi connectivity index (χ4n) is 2.76. The van der Waals surface area contributed by atoms with E-state index in [0.29, 0.717) is 36.1 Å². The zero-order chi connectivity index (χ0) is 15.1. The van der Waals surface area contributed by atoms with Crippen LogP contribution in [0.2, 0.25) is 0 Å². The first-order valence-electron chi connectivity index (χ1n) is 7.61. The van der Waals surface area contributed by atoms with Crippen LogP contribution < -0.4 is 14.2 Å². The highest BCUT2D eigenvalue weighted by molar-refractivity contribution is 5.81. The molecule has 1 fully saturated rings. The normalized spacial score (nSPS) is 15.5. The number of benzene rings is 1. The molecule has 0 unspecified atom stereocenters. The number of hydrogen-bond acceptors (Lipinski definition) is 4. The molecule has 0 heterocycles. The third-order valence-electron chi connectivity index (χ3n) is 4.00. The highest BCUT2D eigenvalue weighted by Gasteiger charge is 2.20. The Morgan fingerprint density at radius 2 is 1.57 bits per heavy atom. The summed E-state index contributed by atoms with van der Waals surface area (Å²) in [7, 11) is 3.20. The monoisotopic (exact) mass is 292 g/mol. The Bertz CT molecular complexity index is 442. The molecule has 1 saturated carbocycles. The van der Waals surface area contributed by atoms with Crippen LogP contribution in [0.25, 0.3) is 0 Å². The minimum absolute atomic E-state index is 0.252.